The molecule has 0 saturated heterocycles. The van der Waals surface area contributed by atoms with Gasteiger partial charge in [0.1, 0.15) is 0 Å². The molecule has 0 radical (unpaired) electrons. The summed E-state index contributed by atoms with van der Waals surface area (Å²) in [4.78, 5) is 15.1. The van der Waals surface area contributed by atoms with E-state index >= 15 is 0 Å². The highest BCUT2D eigenvalue weighted by Gasteiger charge is 2.01. The summed E-state index contributed by atoms with van der Waals surface area (Å²) in [7, 11) is 0. The van der Waals surface area contributed by atoms with Crippen molar-refractivity contribution in [2.75, 3.05) is 6.61 Å². The number of carbonyl (C=O) groups is 1. The number of ether oxygens (including phenoxy) is 1. The quantitative estimate of drug-likeness (QED) is 0.510. The van der Waals surface area contributed by atoms with Gasteiger partial charge in [-0.2, -0.15) is 0 Å². The molecule has 15 heavy (non-hydrogen) atoms. The number of esters is 1. The molecule has 1 rings (SSSR count). The lowest BCUT2D eigenvalue weighted by Crippen LogP contribution is -2.05. The molecule has 0 bridgehead atoms. The minimum absolute atomic E-state index is 0.0810. The maximum absolute atomic E-state index is 11.1. The van der Waals surface area contributed by atoms with Crippen molar-refractivity contribution in [3.05, 3.63) is 18.7 Å². The number of aryl methyl sites for hydroxylation is 1. The first-order chi connectivity index (χ1) is 7.33. The predicted octanol–water partition coefficient (Wildman–Crippen LogP) is 2.01. The fourth-order valence-corrected chi connectivity index (χ4v) is 1.27. The van der Waals surface area contributed by atoms with Gasteiger partial charge in [-0.05, 0) is 19.3 Å². The molecule has 0 atom stereocenters. The molecule has 4 heteroatoms. The van der Waals surface area contributed by atoms with Gasteiger partial charge in [-0.15, -0.1) is 0 Å². The van der Waals surface area contributed by atoms with E-state index in [1.54, 1.807) is 12.5 Å². The number of imidazole rings is 1. The Balaban J connectivity index is 1.99. The molecule has 1 aromatic heterocycles. The summed E-state index contributed by atoms with van der Waals surface area (Å²) in [6, 6.07) is 0. The van der Waals surface area contributed by atoms with Crippen molar-refractivity contribution in [1.82, 2.24) is 9.55 Å². The van der Waals surface area contributed by atoms with Crippen molar-refractivity contribution in [2.45, 2.75) is 39.2 Å². The molecule has 0 unspecified atom stereocenters. The summed E-state index contributed by atoms with van der Waals surface area (Å²) in [5, 5.41) is 0. The zero-order valence-electron chi connectivity index (χ0n) is 9.19. The second-order valence-corrected chi connectivity index (χ2v) is 3.48. The normalized spacial score (nSPS) is 10.2. The molecule has 0 aliphatic heterocycles. The van der Waals surface area contributed by atoms with Gasteiger partial charge in [-0.25, -0.2) is 4.98 Å². The highest BCUT2D eigenvalue weighted by Crippen LogP contribution is 2.01. The van der Waals surface area contributed by atoms with Crippen LogP contribution in [0.3, 0.4) is 0 Å². The molecule has 84 valence electrons. The van der Waals surface area contributed by atoms with E-state index in [1.165, 1.54) is 0 Å². The third kappa shape index (κ3) is 5.20. The molecule has 0 N–H and O–H groups in total. The zero-order valence-corrected chi connectivity index (χ0v) is 9.19. The summed E-state index contributed by atoms with van der Waals surface area (Å²) in [5.41, 5.74) is 0. The van der Waals surface area contributed by atoms with Crippen molar-refractivity contribution >= 4 is 5.97 Å². The van der Waals surface area contributed by atoms with Gasteiger partial charge in [0.15, 0.2) is 0 Å². The molecule has 0 amide bonds. The maximum Gasteiger partial charge on any atom is 0.305 e. The van der Waals surface area contributed by atoms with Crippen LogP contribution in [0.5, 0.6) is 0 Å². The van der Waals surface area contributed by atoms with Crippen LogP contribution < -0.4 is 0 Å². The molecule has 1 heterocycles. The van der Waals surface area contributed by atoms with Gasteiger partial charge in [-0.3, -0.25) is 4.79 Å². The van der Waals surface area contributed by atoms with Crippen LogP contribution in [0, 0.1) is 0 Å². The first-order valence-electron chi connectivity index (χ1n) is 5.44. The van der Waals surface area contributed by atoms with Gasteiger partial charge in [0.2, 0.25) is 0 Å². The van der Waals surface area contributed by atoms with E-state index in [9.17, 15) is 4.79 Å². The van der Waals surface area contributed by atoms with Crippen LogP contribution in [0.1, 0.15) is 32.6 Å². The number of hydrogen-bond acceptors (Lipinski definition) is 3. The van der Waals surface area contributed by atoms with Gasteiger partial charge in [-0.1, -0.05) is 6.92 Å². The Morgan fingerprint density at radius 3 is 3.00 bits per heavy atom. The molecule has 0 fully saturated rings. The Morgan fingerprint density at radius 2 is 2.33 bits per heavy atom. The Labute approximate surface area is 90.3 Å². The summed E-state index contributed by atoms with van der Waals surface area (Å²) in [6.45, 7) is 3.45. The number of hydrogen-bond donors (Lipinski definition) is 0. The van der Waals surface area contributed by atoms with Crippen molar-refractivity contribution in [2.24, 2.45) is 0 Å². The predicted molar refractivity (Wildman–Crippen MR) is 57.3 cm³/mol. The van der Waals surface area contributed by atoms with E-state index in [0.29, 0.717) is 13.0 Å². The van der Waals surface area contributed by atoms with Crippen LogP contribution in [0.15, 0.2) is 18.7 Å². The fraction of sp³-hybridized carbons (Fsp3) is 0.636. The molecule has 0 saturated carbocycles. The molecule has 0 aliphatic carbocycles. The number of carbonyl (C=O) groups excluding carboxylic acids is 1. The lowest BCUT2D eigenvalue weighted by atomic mass is 10.2. The van der Waals surface area contributed by atoms with E-state index < -0.39 is 0 Å². The number of rotatable bonds is 7. The first kappa shape index (κ1) is 11.8. The van der Waals surface area contributed by atoms with E-state index in [0.717, 1.165) is 25.8 Å². The lowest BCUT2D eigenvalue weighted by Gasteiger charge is -2.03. The third-order valence-corrected chi connectivity index (χ3v) is 2.07. The van der Waals surface area contributed by atoms with Crippen molar-refractivity contribution < 1.29 is 9.53 Å². The summed E-state index contributed by atoms with van der Waals surface area (Å²) >= 11 is 0. The molecule has 0 spiro atoms. The zero-order chi connectivity index (χ0) is 10.9. The lowest BCUT2D eigenvalue weighted by molar-refractivity contribution is -0.143. The highest BCUT2D eigenvalue weighted by atomic mass is 16.5. The Bertz CT molecular complexity index is 270. The Morgan fingerprint density at radius 1 is 1.47 bits per heavy atom. The van der Waals surface area contributed by atoms with Crippen LogP contribution in [0.2, 0.25) is 0 Å². The second-order valence-electron chi connectivity index (χ2n) is 3.48. The van der Waals surface area contributed by atoms with Gasteiger partial charge < -0.3 is 9.30 Å². The number of unbranched alkanes of at least 4 members (excludes halogenated alkanes) is 1. The Kier molecular flexibility index (Phi) is 5.51. The van der Waals surface area contributed by atoms with Crippen LogP contribution in [0.25, 0.3) is 0 Å². The van der Waals surface area contributed by atoms with E-state index in [-0.39, 0.29) is 5.97 Å². The fourth-order valence-electron chi connectivity index (χ4n) is 1.27. The topological polar surface area (TPSA) is 44.1 Å². The van der Waals surface area contributed by atoms with Crippen LogP contribution >= 0.6 is 0 Å². The smallest absolute Gasteiger partial charge is 0.305 e. The molecule has 0 aliphatic rings. The summed E-state index contributed by atoms with van der Waals surface area (Å²) in [5.74, 6) is -0.0810. The van der Waals surface area contributed by atoms with Crippen molar-refractivity contribution in [3.8, 4) is 0 Å². The average molecular weight is 210 g/mol. The second kappa shape index (κ2) is 7.04. The molecule has 0 aromatic carbocycles. The van der Waals surface area contributed by atoms with Crippen molar-refractivity contribution in [3.63, 3.8) is 0 Å². The molecule has 4 nitrogen and oxygen atoms in total. The maximum atomic E-state index is 11.1. The van der Waals surface area contributed by atoms with E-state index in [1.807, 2.05) is 17.7 Å². The standard InChI is InChI=1S/C11H18N2O2/c1-2-9-15-11(14)5-3-4-7-13-8-6-12-10-13/h6,8,10H,2-5,7,9H2,1H3. The van der Waals surface area contributed by atoms with Gasteiger partial charge >= 0.3 is 5.97 Å². The third-order valence-electron chi connectivity index (χ3n) is 2.07. The minimum atomic E-state index is -0.0810. The summed E-state index contributed by atoms with van der Waals surface area (Å²) < 4.78 is 6.98. The molecule has 1 aromatic rings. The number of nitrogens with zero attached hydrogens (tertiary/aromatic N) is 2. The number of aromatic nitrogens is 2. The average Bonchev–Trinajstić information content (AvgIpc) is 2.74. The van der Waals surface area contributed by atoms with Crippen LogP contribution in [-0.4, -0.2) is 22.1 Å². The van der Waals surface area contributed by atoms with Crippen molar-refractivity contribution in [1.29, 1.82) is 0 Å². The largest absolute Gasteiger partial charge is 0.466 e. The summed E-state index contributed by atoms with van der Waals surface area (Å²) in [6.07, 6.45) is 8.74. The van der Waals surface area contributed by atoms with Gasteiger partial charge in [0.05, 0.1) is 12.9 Å². The molecular formula is C11H18N2O2. The minimum Gasteiger partial charge on any atom is -0.466 e. The van der Waals surface area contributed by atoms with Crippen LogP contribution in [0.4, 0.5) is 0 Å². The monoisotopic (exact) mass is 210 g/mol. The van der Waals surface area contributed by atoms with Crippen LogP contribution in [-0.2, 0) is 16.1 Å². The SMILES string of the molecule is CCCOC(=O)CCCCn1ccnc1. The Hall–Kier alpha value is -1.32. The van der Waals surface area contributed by atoms with E-state index in [2.05, 4.69) is 4.98 Å². The highest BCUT2D eigenvalue weighted by molar-refractivity contribution is 5.69. The first-order valence-corrected chi connectivity index (χ1v) is 5.44. The molecular weight excluding hydrogens is 192 g/mol. The van der Waals surface area contributed by atoms with Gasteiger partial charge in [0.25, 0.3) is 0 Å². The van der Waals surface area contributed by atoms with Gasteiger partial charge in [0, 0.05) is 25.4 Å². The van der Waals surface area contributed by atoms with E-state index in [4.69, 9.17) is 4.74 Å².